The first-order valence-electron chi connectivity index (χ1n) is 10.8. The quantitative estimate of drug-likeness (QED) is 0.711. The predicted octanol–water partition coefficient (Wildman–Crippen LogP) is 5.36. The topological polar surface area (TPSA) is 41.6 Å². The number of piperidine rings is 1. The van der Waals surface area contributed by atoms with Crippen LogP contribution in [0.2, 0.25) is 0 Å². The molecular formula is C24H27F3N2O2. The summed E-state index contributed by atoms with van der Waals surface area (Å²) in [7, 11) is 0. The van der Waals surface area contributed by atoms with Crippen molar-refractivity contribution >= 4 is 11.6 Å². The molecule has 4 rings (SSSR count). The number of likely N-dealkylation sites (tertiary alicyclic amines) is 1. The predicted molar refractivity (Wildman–Crippen MR) is 114 cm³/mol. The summed E-state index contributed by atoms with van der Waals surface area (Å²) in [6.45, 7) is 1.67. The molecular weight excluding hydrogens is 405 g/mol. The van der Waals surface area contributed by atoms with Crippen molar-refractivity contribution < 1.29 is 22.7 Å². The van der Waals surface area contributed by atoms with E-state index in [1.807, 2.05) is 53.4 Å². The van der Waals surface area contributed by atoms with Crippen LogP contribution in [-0.4, -0.2) is 43.2 Å². The van der Waals surface area contributed by atoms with Crippen LogP contribution >= 0.6 is 0 Å². The van der Waals surface area contributed by atoms with Crippen molar-refractivity contribution in [1.29, 1.82) is 0 Å². The fourth-order valence-electron chi connectivity index (χ4n) is 4.56. The Labute approximate surface area is 180 Å². The largest absolute Gasteiger partial charge is 0.491 e. The molecule has 7 heteroatoms. The van der Waals surface area contributed by atoms with Gasteiger partial charge in [0.15, 0.2) is 0 Å². The molecule has 0 bridgehead atoms. The molecule has 2 aromatic carbocycles. The number of hydrogen-bond acceptors (Lipinski definition) is 3. The Balaban J connectivity index is 1.46. The Morgan fingerprint density at radius 1 is 1.03 bits per heavy atom. The standard InChI is InChI=1S/C24H27F3N2O2/c25-24(26,27)10-12-29-11-8-19-15-23(30)28-21-14-18(17-4-2-1-3-5-17)6-7-22(21)31-13-9-20(19)16-29/h1-7,14,19-20H,8-13,15-16H2,(H,28,30)/t19-,20-/m0/s1. The van der Waals surface area contributed by atoms with Crippen LogP contribution in [0.15, 0.2) is 48.5 Å². The zero-order valence-electron chi connectivity index (χ0n) is 17.3. The monoisotopic (exact) mass is 432 g/mol. The lowest BCUT2D eigenvalue weighted by atomic mass is 9.81. The van der Waals surface area contributed by atoms with E-state index < -0.39 is 12.6 Å². The lowest BCUT2D eigenvalue weighted by molar-refractivity contribution is -0.139. The van der Waals surface area contributed by atoms with Crippen LogP contribution in [0, 0.1) is 11.8 Å². The highest BCUT2D eigenvalue weighted by molar-refractivity contribution is 5.93. The highest BCUT2D eigenvalue weighted by atomic mass is 19.4. The zero-order valence-corrected chi connectivity index (χ0v) is 17.3. The molecule has 2 aliphatic rings. The van der Waals surface area contributed by atoms with E-state index in [9.17, 15) is 18.0 Å². The second-order valence-corrected chi connectivity index (χ2v) is 8.44. The first-order chi connectivity index (χ1) is 14.9. The van der Waals surface area contributed by atoms with Gasteiger partial charge in [-0.15, -0.1) is 0 Å². The van der Waals surface area contributed by atoms with Crippen LogP contribution in [0.4, 0.5) is 18.9 Å². The number of anilines is 1. The number of fused-ring (bicyclic) bond motifs is 2. The van der Waals surface area contributed by atoms with Gasteiger partial charge in [0.25, 0.3) is 0 Å². The molecule has 1 saturated heterocycles. The normalized spacial score (nSPS) is 22.6. The number of nitrogens with zero attached hydrogens (tertiary/aromatic N) is 1. The minimum Gasteiger partial charge on any atom is -0.491 e. The molecule has 4 nitrogen and oxygen atoms in total. The number of carbonyl (C=O) groups is 1. The van der Waals surface area contributed by atoms with Gasteiger partial charge in [0.2, 0.25) is 5.91 Å². The molecule has 166 valence electrons. The molecule has 0 saturated carbocycles. The summed E-state index contributed by atoms with van der Waals surface area (Å²) < 4.78 is 43.8. The Bertz CT molecular complexity index is 901. The average molecular weight is 432 g/mol. The van der Waals surface area contributed by atoms with Crippen LogP contribution in [0.3, 0.4) is 0 Å². The van der Waals surface area contributed by atoms with E-state index in [2.05, 4.69) is 5.32 Å². The number of carbonyl (C=O) groups excluding carboxylic acids is 1. The summed E-state index contributed by atoms with van der Waals surface area (Å²) in [5, 5.41) is 3.00. The van der Waals surface area contributed by atoms with E-state index in [-0.39, 0.29) is 24.3 Å². The Kier molecular flexibility index (Phi) is 6.51. The van der Waals surface area contributed by atoms with E-state index in [1.165, 1.54) is 0 Å². The van der Waals surface area contributed by atoms with Gasteiger partial charge in [0, 0.05) is 19.5 Å². The number of amides is 1. The van der Waals surface area contributed by atoms with Crippen molar-refractivity contribution in [1.82, 2.24) is 4.90 Å². The number of benzene rings is 2. The van der Waals surface area contributed by atoms with Gasteiger partial charge < -0.3 is 15.0 Å². The number of halogens is 3. The molecule has 2 aromatic rings. The van der Waals surface area contributed by atoms with Gasteiger partial charge in [0.1, 0.15) is 5.75 Å². The van der Waals surface area contributed by atoms with Gasteiger partial charge in [-0.05, 0) is 54.5 Å². The smallest absolute Gasteiger partial charge is 0.390 e. The first kappa shape index (κ1) is 21.7. The van der Waals surface area contributed by atoms with Crippen LogP contribution in [0.1, 0.15) is 25.7 Å². The van der Waals surface area contributed by atoms with Gasteiger partial charge in [-0.3, -0.25) is 4.79 Å². The number of rotatable bonds is 3. The summed E-state index contributed by atoms with van der Waals surface area (Å²) in [4.78, 5) is 14.6. The molecule has 1 N–H and O–H groups in total. The van der Waals surface area contributed by atoms with Gasteiger partial charge in [-0.25, -0.2) is 0 Å². The van der Waals surface area contributed by atoms with Gasteiger partial charge >= 0.3 is 6.18 Å². The van der Waals surface area contributed by atoms with Crippen LogP contribution in [-0.2, 0) is 4.79 Å². The first-order valence-corrected chi connectivity index (χ1v) is 10.8. The van der Waals surface area contributed by atoms with Gasteiger partial charge in [-0.2, -0.15) is 13.2 Å². The molecule has 0 unspecified atom stereocenters. The third-order valence-corrected chi connectivity index (χ3v) is 6.24. The number of hydrogen-bond donors (Lipinski definition) is 1. The molecule has 0 spiro atoms. The molecule has 1 amide bonds. The average Bonchev–Trinajstić information content (AvgIpc) is 2.74. The second kappa shape index (κ2) is 9.30. The third kappa shape index (κ3) is 5.79. The molecule has 0 radical (unpaired) electrons. The van der Waals surface area contributed by atoms with E-state index in [1.54, 1.807) is 0 Å². The van der Waals surface area contributed by atoms with Crippen molar-refractivity contribution in [3.63, 3.8) is 0 Å². The third-order valence-electron chi connectivity index (χ3n) is 6.24. The SMILES string of the molecule is O=C1C[C@@H]2CCN(CCC(F)(F)F)C[C@@H]2CCOc2ccc(-c3ccccc3)cc2N1. The maximum atomic E-state index is 12.8. The summed E-state index contributed by atoms with van der Waals surface area (Å²) in [6.07, 6.45) is -3.10. The van der Waals surface area contributed by atoms with Crippen LogP contribution in [0.5, 0.6) is 5.75 Å². The maximum Gasteiger partial charge on any atom is 0.390 e. The Hall–Kier alpha value is -2.54. The molecule has 31 heavy (non-hydrogen) atoms. The summed E-state index contributed by atoms with van der Waals surface area (Å²) in [5.41, 5.74) is 2.71. The minimum absolute atomic E-state index is 0.0187. The molecule has 0 aliphatic carbocycles. The van der Waals surface area contributed by atoms with E-state index in [4.69, 9.17) is 4.74 Å². The molecule has 0 aromatic heterocycles. The van der Waals surface area contributed by atoms with Crippen LogP contribution < -0.4 is 10.1 Å². The minimum atomic E-state index is -4.14. The van der Waals surface area contributed by atoms with Crippen molar-refractivity contribution in [3.8, 4) is 16.9 Å². The van der Waals surface area contributed by atoms with Gasteiger partial charge in [0.05, 0.1) is 18.7 Å². The van der Waals surface area contributed by atoms with Crippen molar-refractivity contribution in [2.75, 3.05) is 31.6 Å². The molecule has 1 fully saturated rings. The van der Waals surface area contributed by atoms with E-state index in [0.717, 1.165) is 24.0 Å². The fourth-order valence-corrected chi connectivity index (χ4v) is 4.56. The molecule has 2 heterocycles. The number of ether oxygens (including phenoxy) is 1. The number of alkyl halides is 3. The van der Waals surface area contributed by atoms with Crippen molar-refractivity contribution in [2.24, 2.45) is 11.8 Å². The van der Waals surface area contributed by atoms with Crippen LogP contribution in [0.25, 0.3) is 11.1 Å². The van der Waals surface area contributed by atoms with Gasteiger partial charge in [-0.1, -0.05) is 36.4 Å². The molecule has 2 atom stereocenters. The second-order valence-electron chi connectivity index (χ2n) is 8.44. The lowest BCUT2D eigenvalue weighted by Gasteiger charge is -2.39. The lowest BCUT2D eigenvalue weighted by Crippen LogP contribution is -2.43. The molecule has 2 aliphatic heterocycles. The summed E-state index contributed by atoms with van der Waals surface area (Å²) in [5.74, 6) is 0.856. The summed E-state index contributed by atoms with van der Waals surface area (Å²) >= 11 is 0. The Morgan fingerprint density at radius 3 is 2.61 bits per heavy atom. The highest BCUT2D eigenvalue weighted by Crippen LogP contribution is 2.35. The number of nitrogens with one attached hydrogen (secondary N) is 1. The van der Waals surface area contributed by atoms with Crippen molar-refractivity contribution in [2.45, 2.75) is 31.9 Å². The fraction of sp³-hybridized carbons (Fsp3) is 0.458. The Morgan fingerprint density at radius 2 is 1.84 bits per heavy atom. The van der Waals surface area contributed by atoms with E-state index >= 15 is 0 Å². The highest BCUT2D eigenvalue weighted by Gasteiger charge is 2.34. The zero-order chi connectivity index (χ0) is 21.8. The van der Waals surface area contributed by atoms with E-state index in [0.29, 0.717) is 37.6 Å². The maximum absolute atomic E-state index is 12.8. The summed E-state index contributed by atoms with van der Waals surface area (Å²) in [6, 6.07) is 15.7. The van der Waals surface area contributed by atoms with Crippen molar-refractivity contribution in [3.05, 3.63) is 48.5 Å².